The SMILES string of the molecule is CC(C)(C)c1noc(CCCCCNc2ccc(F)c(Br)c2)n1. The third kappa shape index (κ3) is 5.61. The lowest BCUT2D eigenvalue weighted by Crippen LogP contribution is -2.13. The largest absolute Gasteiger partial charge is 0.385 e. The minimum Gasteiger partial charge on any atom is -0.385 e. The predicted octanol–water partition coefficient (Wildman–Crippen LogP) is 5.09. The van der Waals surface area contributed by atoms with E-state index in [4.69, 9.17) is 4.52 Å². The number of nitrogens with zero attached hydrogens (tertiary/aromatic N) is 2. The summed E-state index contributed by atoms with van der Waals surface area (Å²) < 4.78 is 18.9. The van der Waals surface area contributed by atoms with Crippen LogP contribution < -0.4 is 5.32 Å². The third-order valence-electron chi connectivity index (χ3n) is 3.46. The fraction of sp³-hybridized carbons (Fsp3) is 0.529. The monoisotopic (exact) mass is 383 g/mol. The Balaban J connectivity index is 1.64. The number of halogens is 2. The summed E-state index contributed by atoms with van der Waals surface area (Å²) in [5, 5.41) is 7.31. The van der Waals surface area contributed by atoms with Crippen molar-refractivity contribution >= 4 is 21.6 Å². The highest BCUT2D eigenvalue weighted by Crippen LogP contribution is 2.20. The number of aryl methyl sites for hydroxylation is 1. The third-order valence-corrected chi connectivity index (χ3v) is 4.06. The van der Waals surface area contributed by atoms with E-state index in [0.29, 0.717) is 10.4 Å². The van der Waals surface area contributed by atoms with Crippen LogP contribution in [0.1, 0.15) is 51.7 Å². The van der Waals surface area contributed by atoms with E-state index in [1.54, 1.807) is 12.1 Å². The van der Waals surface area contributed by atoms with Gasteiger partial charge < -0.3 is 9.84 Å². The van der Waals surface area contributed by atoms with E-state index in [9.17, 15) is 4.39 Å². The summed E-state index contributed by atoms with van der Waals surface area (Å²) in [6.07, 6.45) is 3.93. The first-order valence-corrected chi connectivity index (χ1v) is 8.67. The first-order valence-electron chi connectivity index (χ1n) is 7.88. The maximum absolute atomic E-state index is 13.1. The number of anilines is 1. The average molecular weight is 384 g/mol. The van der Waals surface area contributed by atoms with Crippen LogP contribution in [0.3, 0.4) is 0 Å². The lowest BCUT2D eigenvalue weighted by atomic mass is 9.96. The van der Waals surface area contributed by atoms with E-state index in [0.717, 1.165) is 43.7 Å². The van der Waals surface area contributed by atoms with Gasteiger partial charge in [0, 0.05) is 24.1 Å². The predicted molar refractivity (Wildman–Crippen MR) is 93.1 cm³/mol. The van der Waals surface area contributed by atoms with E-state index in [1.807, 2.05) is 0 Å². The maximum Gasteiger partial charge on any atom is 0.226 e. The van der Waals surface area contributed by atoms with E-state index < -0.39 is 0 Å². The lowest BCUT2D eigenvalue weighted by Gasteiger charge is -2.10. The molecule has 6 heteroatoms. The number of rotatable bonds is 7. The number of benzene rings is 1. The zero-order chi connectivity index (χ0) is 16.9. The molecule has 2 rings (SSSR count). The molecule has 1 N–H and O–H groups in total. The van der Waals surface area contributed by atoms with Crippen molar-refractivity contribution in [3.63, 3.8) is 0 Å². The molecule has 0 bridgehead atoms. The van der Waals surface area contributed by atoms with E-state index in [1.165, 1.54) is 6.07 Å². The second kappa shape index (κ2) is 7.90. The molecule has 126 valence electrons. The normalized spacial score (nSPS) is 11.7. The van der Waals surface area contributed by atoms with Crippen LogP contribution in [-0.4, -0.2) is 16.7 Å². The van der Waals surface area contributed by atoms with Crippen molar-refractivity contribution in [3.05, 3.63) is 40.2 Å². The molecule has 0 unspecified atom stereocenters. The van der Waals surface area contributed by atoms with Gasteiger partial charge in [-0.2, -0.15) is 4.98 Å². The second-order valence-electron chi connectivity index (χ2n) is 6.63. The van der Waals surface area contributed by atoms with Gasteiger partial charge in [-0.3, -0.25) is 0 Å². The standard InChI is InChI=1S/C17H23BrFN3O/c1-17(2,3)16-21-15(23-22-16)7-5-4-6-10-20-12-8-9-14(19)13(18)11-12/h8-9,11,20H,4-7,10H2,1-3H3. The molecular formula is C17H23BrFN3O. The number of unbranched alkanes of at least 4 members (excludes halogenated alkanes) is 2. The average Bonchev–Trinajstić information content (AvgIpc) is 2.95. The van der Waals surface area contributed by atoms with E-state index in [-0.39, 0.29) is 11.2 Å². The van der Waals surface area contributed by atoms with Crippen LogP contribution in [0.2, 0.25) is 0 Å². The van der Waals surface area contributed by atoms with Crippen LogP contribution >= 0.6 is 15.9 Å². The van der Waals surface area contributed by atoms with Gasteiger partial charge in [0.1, 0.15) is 5.82 Å². The molecule has 0 radical (unpaired) electrons. The summed E-state index contributed by atoms with van der Waals surface area (Å²) >= 11 is 3.18. The number of hydrogen-bond acceptors (Lipinski definition) is 4. The Hall–Kier alpha value is -1.43. The Morgan fingerprint density at radius 2 is 2.00 bits per heavy atom. The van der Waals surface area contributed by atoms with Gasteiger partial charge in [-0.1, -0.05) is 32.3 Å². The topological polar surface area (TPSA) is 51.0 Å². The highest BCUT2D eigenvalue weighted by molar-refractivity contribution is 9.10. The molecule has 0 saturated heterocycles. The van der Waals surface area contributed by atoms with Crippen LogP contribution in [0.4, 0.5) is 10.1 Å². The molecule has 0 atom stereocenters. The van der Waals surface area contributed by atoms with Crippen LogP contribution in [-0.2, 0) is 11.8 Å². The molecule has 0 fully saturated rings. The summed E-state index contributed by atoms with van der Waals surface area (Å²) in [6.45, 7) is 7.07. The Bertz CT molecular complexity index is 637. The van der Waals surface area contributed by atoms with Crippen molar-refractivity contribution in [3.8, 4) is 0 Å². The molecule has 4 nitrogen and oxygen atoms in total. The van der Waals surface area contributed by atoms with Crippen LogP contribution in [0.25, 0.3) is 0 Å². The first kappa shape index (κ1) is 17.9. The summed E-state index contributed by atoms with van der Waals surface area (Å²) in [5.74, 6) is 1.23. The summed E-state index contributed by atoms with van der Waals surface area (Å²) in [5.41, 5.74) is 0.847. The molecule has 0 amide bonds. The Morgan fingerprint density at radius 3 is 2.65 bits per heavy atom. The van der Waals surface area contributed by atoms with Crippen molar-refractivity contribution in [2.45, 2.75) is 51.9 Å². The van der Waals surface area contributed by atoms with Gasteiger partial charge in [0.25, 0.3) is 0 Å². The number of nitrogens with one attached hydrogen (secondary N) is 1. The Labute approximate surface area is 145 Å². The van der Waals surface area contributed by atoms with Crippen molar-refractivity contribution in [1.82, 2.24) is 10.1 Å². The first-order chi connectivity index (χ1) is 10.9. The van der Waals surface area contributed by atoms with E-state index >= 15 is 0 Å². The fourth-order valence-corrected chi connectivity index (χ4v) is 2.46. The smallest absolute Gasteiger partial charge is 0.226 e. The van der Waals surface area contributed by atoms with Gasteiger partial charge >= 0.3 is 0 Å². The van der Waals surface area contributed by atoms with Crippen molar-refractivity contribution in [2.24, 2.45) is 0 Å². The zero-order valence-electron chi connectivity index (χ0n) is 13.8. The molecule has 1 aromatic carbocycles. The van der Waals surface area contributed by atoms with E-state index in [2.05, 4.69) is 52.2 Å². The minimum absolute atomic E-state index is 0.0743. The minimum atomic E-state index is -0.246. The van der Waals surface area contributed by atoms with Crippen molar-refractivity contribution < 1.29 is 8.91 Å². The lowest BCUT2D eigenvalue weighted by molar-refractivity contribution is 0.359. The zero-order valence-corrected chi connectivity index (χ0v) is 15.4. The molecule has 1 heterocycles. The molecular weight excluding hydrogens is 361 g/mol. The second-order valence-corrected chi connectivity index (χ2v) is 7.48. The van der Waals surface area contributed by atoms with Gasteiger partial charge in [-0.15, -0.1) is 0 Å². The molecule has 0 aliphatic heterocycles. The van der Waals surface area contributed by atoms with Gasteiger partial charge in [0.15, 0.2) is 5.82 Å². The van der Waals surface area contributed by atoms with Gasteiger partial charge in [0.2, 0.25) is 5.89 Å². The molecule has 2 aromatic rings. The fourth-order valence-electron chi connectivity index (χ4n) is 2.08. The highest BCUT2D eigenvalue weighted by atomic mass is 79.9. The Morgan fingerprint density at radius 1 is 1.22 bits per heavy atom. The van der Waals surface area contributed by atoms with Gasteiger partial charge in [-0.05, 0) is 47.0 Å². The summed E-state index contributed by atoms with van der Waals surface area (Å²) in [7, 11) is 0. The number of hydrogen-bond donors (Lipinski definition) is 1. The van der Waals surface area contributed by atoms with Crippen molar-refractivity contribution in [2.75, 3.05) is 11.9 Å². The van der Waals surface area contributed by atoms with Crippen LogP contribution in [0, 0.1) is 5.82 Å². The van der Waals surface area contributed by atoms with Gasteiger partial charge in [0.05, 0.1) is 4.47 Å². The quantitative estimate of drug-likeness (QED) is 0.676. The maximum atomic E-state index is 13.1. The molecule has 0 aliphatic carbocycles. The highest BCUT2D eigenvalue weighted by Gasteiger charge is 2.20. The van der Waals surface area contributed by atoms with Crippen LogP contribution in [0.15, 0.2) is 27.2 Å². The molecule has 0 aliphatic rings. The molecule has 23 heavy (non-hydrogen) atoms. The Kier molecular flexibility index (Phi) is 6.16. The van der Waals surface area contributed by atoms with Crippen LogP contribution in [0.5, 0.6) is 0 Å². The molecule has 0 saturated carbocycles. The molecule has 1 aromatic heterocycles. The summed E-state index contributed by atoms with van der Waals surface area (Å²) in [6, 6.07) is 4.95. The van der Waals surface area contributed by atoms with Gasteiger partial charge in [-0.25, -0.2) is 4.39 Å². The van der Waals surface area contributed by atoms with Crippen molar-refractivity contribution in [1.29, 1.82) is 0 Å². The number of aromatic nitrogens is 2. The molecule has 0 spiro atoms. The summed E-state index contributed by atoms with van der Waals surface area (Å²) in [4.78, 5) is 4.43.